The van der Waals surface area contributed by atoms with Gasteiger partial charge in [-0.05, 0) is 81.1 Å². The number of hydrogen-bond donors (Lipinski definition) is 1. The summed E-state index contributed by atoms with van der Waals surface area (Å²) >= 11 is 0. The number of hydrogen-bond acceptors (Lipinski definition) is 6. The molecule has 2 aromatic carbocycles. The lowest BCUT2D eigenvalue weighted by Crippen LogP contribution is -2.32. The van der Waals surface area contributed by atoms with Crippen LogP contribution in [0.4, 0.5) is 0 Å². The van der Waals surface area contributed by atoms with Crippen molar-refractivity contribution in [1.82, 2.24) is 19.9 Å². The van der Waals surface area contributed by atoms with Crippen LogP contribution in [0.1, 0.15) is 37.0 Å². The second-order valence-electron chi connectivity index (χ2n) is 9.39. The Morgan fingerprint density at radius 3 is 2.57 bits per heavy atom. The molecule has 3 heterocycles. The number of nitrogens with zero attached hydrogens (tertiary/aromatic N) is 3. The Kier molecular flexibility index (Phi) is 7.65. The van der Waals surface area contributed by atoms with Gasteiger partial charge in [-0.2, -0.15) is 0 Å². The van der Waals surface area contributed by atoms with E-state index in [1.54, 1.807) is 12.5 Å². The van der Waals surface area contributed by atoms with Crippen LogP contribution in [0.15, 0.2) is 73.2 Å². The normalized spacial score (nSPS) is 15.7. The van der Waals surface area contributed by atoms with Gasteiger partial charge in [0.25, 0.3) is 5.91 Å². The predicted molar refractivity (Wildman–Crippen MR) is 141 cm³/mol. The smallest absolute Gasteiger partial charge is 0.251 e. The molecule has 2 atom stereocenters. The van der Waals surface area contributed by atoms with E-state index in [9.17, 15) is 4.79 Å². The molecule has 2 aromatic heterocycles. The average molecular weight is 501 g/mol. The van der Waals surface area contributed by atoms with Crippen molar-refractivity contribution in [3.05, 3.63) is 78.8 Å². The van der Waals surface area contributed by atoms with Gasteiger partial charge in [-0.15, -0.1) is 0 Å². The van der Waals surface area contributed by atoms with Crippen LogP contribution in [0, 0.1) is 5.92 Å². The molecule has 1 amide bonds. The van der Waals surface area contributed by atoms with Gasteiger partial charge < -0.3 is 19.5 Å². The summed E-state index contributed by atoms with van der Waals surface area (Å²) in [7, 11) is 0. The number of pyridine rings is 1. The number of nitrogens with one attached hydrogen (secondary N) is 1. The van der Waals surface area contributed by atoms with E-state index in [1.807, 2.05) is 79.1 Å². The van der Waals surface area contributed by atoms with E-state index in [0.717, 1.165) is 48.5 Å². The van der Waals surface area contributed by atoms with Crippen molar-refractivity contribution >= 4 is 16.9 Å². The van der Waals surface area contributed by atoms with Gasteiger partial charge in [-0.1, -0.05) is 6.07 Å². The van der Waals surface area contributed by atoms with Crippen molar-refractivity contribution in [2.45, 2.75) is 38.9 Å². The molecular weight excluding hydrogens is 468 g/mol. The molecule has 0 spiro atoms. The monoisotopic (exact) mass is 500 g/mol. The number of amides is 1. The van der Waals surface area contributed by atoms with Crippen LogP contribution in [0.5, 0.6) is 11.6 Å². The Balaban J connectivity index is 1.21. The van der Waals surface area contributed by atoms with Gasteiger partial charge in [0.15, 0.2) is 0 Å². The molecule has 2 unspecified atom stereocenters. The van der Waals surface area contributed by atoms with Crippen LogP contribution >= 0.6 is 0 Å². The average Bonchev–Trinajstić information content (AvgIpc) is 3.36. The molecule has 37 heavy (non-hydrogen) atoms. The van der Waals surface area contributed by atoms with Gasteiger partial charge in [0.1, 0.15) is 24.3 Å². The molecule has 0 aliphatic carbocycles. The summed E-state index contributed by atoms with van der Waals surface area (Å²) in [5, 5.41) is 3.06. The SMILES string of the molecule is CC(Oc1ccc(-n2cnc3cc(C(=O)NCC4CCOCC4)ccc32)cc1)C(C)Oc1ccccn1. The summed E-state index contributed by atoms with van der Waals surface area (Å²) in [5.41, 5.74) is 3.27. The van der Waals surface area contributed by atoms with Crippen molar-refractivity contribution < 1.29 is 19.0 Å². The van der Waals surface area contributed by atoms with E-state index in [4.69, 9.17) is 14.2 Å². The van der Waals surface area contributed by atoms with Crippen LogP contribution in [-0.4, -0.2) is 52.4 Å². The van der Waals surface area contributed by atoms with Crippen molar-refractivity contribution in [1.29, 1.82) is 0 Å². The van der Waals surface area contributed by atoms with Crippen LogP contribution < -0.4 is 14.8 Å². The number of fused-ring (bicyclic) bond motifs is 1. The number of ether oxygens (including phenoxy) is 3. The van der Waals surface area contributed by atoms with Crippen LogP contribution in [0.3, 0.4) is 0 Å². The number of aromatic nitrogens is 3. The molecule has 0 saturated carbocycles. The lowest BCUT2D eigenvalue weighted by atomic mass is 10.0. The molecule has 1 aliphatic rings. The van der Waals surface area contributed by atoms with Crippen LogP contribution in [-0.2, 0) is 4.74 Å². The highest BCUT2D eigenvalue weighted by Crippen LogP contribution is 2.23. The summed E-state index contributed by atoms with van der Waals surface area (Å²) < 4.78 is 19.3. The Labute approximate surface area is 216 Å². The third-order valence-corrected chi connectivity index (χ3v) is 6.74. The van der Waals surface area contributed by atoms with Gasteiger partial charge in [-0.25, -0.2) is 9.97 Å². The second-order valence-corrected chi connectivity index (χ2v) is 9.39. The summed E-state index contributed by atoms with van der Waals surface area (Å²) in [5.74, 6) is 1.74. The molecule has 5 rings (SSSR count). The number of carbonyl (C=O) groups excluding carboxylic acids is 1. The molecule has 192 valence electrons. The molecule has 8 heteroatoms. The van der Waals surface area contributed by atoms with E-state index in [-0.39, 0.29) is 18.1 Å². The van der Waals surface area contributed by atoms with E-state index >= 15 is 0 Å². The van der Waals surface area contributed by atoms with E-state index < -0.39 is 0 Å². The highest BCUT2D eigenvalue weighted by molar-refractivity contribution is 5.97. The topological polar surface area (TPSA) is 87.5 Å². The zero-order valence-corrected chi connectivity index (χ0v) is 21.2. The van der Waals surface area contributed by atoms with Crippen molar-refractivity contribution in [2.75, 3.05) is 19.8 Å². The molecule has 1 aliphatic heterocycles. The van der Waals surface area contributed by atoms with E-state index in [1.165, 1.54) is 0 Å². The van der Waals surface area contributed by atoms with Gasteiger partial charge in [0, 0.05) is 43.3 Å². The molecule has 1 saturated heterocycles. The second kappa shape index (κ2) is 11.4. The molecular formula is C29H32N4O4. The molecule has 1 N–H and O–H groups in total. The van der Waals surface area contributed by atoms with E-state index in [2.05, 4.69) is 15.3 Å². The summed E-state index contributed by atoms with van der Waals surface area (Å²) in [6, 6.07) is 19.0. The van der Waals surface area contributed by atoms with E-state index in [0.29, 0.717) is 23.9 Å². The van der Waals surface area contributed by atoms with Gasteiger partial charge in [0.2, 0.25) is 5.88 Å². The minimum atomic E-state index is -0.171. The minimum absolute atomic E-state index is 0.0696. The number of carbonyl (C=O) groups is 1. The van der Waals surface area contributed by atoms with Crippen LogP contribution in [0.25, 0.3) is 16.7 Å². The molecule has 1 fully saturated rings. The zero-order valence-electron chi connectivity index (χ0n) is 21.2. The Morgan fingerprint density at radius 2 is 1.81 bits per heavy atom. The standard InChI is InChI=1S/C29H32N4O4/c1-20(21(2)37-28-5-3-4-14-30-28)36-25-9-7-24(8-10-25)33-19-32-26-17-23(6-11-27(26)33)29(34)31-18-22-12-15-35-16-13-22/h3-11,14,17,19-22H,12-13,15-16,18H2,1-2H3,(H,31,34). The van der Waals surface area contributed by atoms with Crippen molar-refractivity contribution in [3.63, 3.8) is 0 Å². The summed E-state index contributed by atoms with van der Waals surface area (Å²) in [4.78, 5) is 21.4. The zero-order chi connectivity index (χ0) is 25.6. The number of imidazole rings is 1. The number of rotatable bonds is 9. The first-order chi connectivity index (χ1) is 18.1. The quantitative estimate of drug-likeness (QED) is 0.355. The number of benzene rings is 2. The predicted octanol–water partition coefficient (Wildman–Crippen LogP) is 4.81. The fourth-order valence-electron chi connectivity index (χ4n) is 4.35. The fraction of sp³-hybridized carbons (Fsp3) is 0.345. The summed E-state index contributed by atoms with van der Waals surface area (Å²) in [6.45, 7) is 6.16. The van der Waals surface area contributed by atoms with Crippen LogP contribution in [0.2, 0.25) is 0 Å². The molecule has 8 nitrogen and oxygen atoms in total. The van der Waals surface area contributed by atoms with Crippen molar-refractivity contribution in [3.8, 4) is 17.3 Å². The van der Waals surface area contributed by atoms with Gasteiger partial charge in [-0.3, -0.25) is 9.36 Å². The summed E-state index contributed by atoms with van der Waals surface area (Å²) in [6.07, 6.45) is 5.12. The molecule has 4 aromatic rings. The maximum absolute atomic E-state index is 12.7. The molecule has 0 bridgehead atoms. The van der Waals surface area contributed by atoms with Gasteiger partial charge in [0.05, 0.1) is 11.0 Å². The van der Waals surface area contributed by atoms with Crippen molar-refractivity contribution in [2.24, 2.45) is 5.92 Å². The Bertz CT molecular complexity index is 1320. The largest absolute Gasteiger partial charge is 0.487 e. The third-order valence-electron chi connectivity index (χ3n) is 6.74. The minimum Gasteiger partial charge on any atom is -0.487 e. The Morgan fingerprint density at radius 1 is 1.03 bits per heavy atom. The highest BCUT2D eigenvalue weighted by atomic mass is 16.5. The fourth-order valence-corrected chi connectivity index (χ4v) is 4.35. The maximum Gasteiger partial charge on any atom is 0.251 e. The molecule has 0 radical (unpaired) electrons. The lowest BCUT2D eigenvalue weighted by Gasteiger charge is -2.22. The first-order valence-electron chi connectivity index (χ1n) is 12.7. The first kappa shape index (κ1) is 24.8. The maximum atomic E-state index is 12.7. The first-order valence-corrected chi connectivity index (χ1v) is 12.7. The lowest BCUT2D eigenvalue weighted by molar-refractivity contribution is 0.0642. The highest BCUT2D eigenvalue weighted by Gasteiger charge is 2.18. The van der Waals surface area contributed by atoms with Gasteiger partial charge >= 0.3 is 0 Å². The third kappa shape index (κ3) is 6.09. The Hall–Kier alpha value is -3.91.